The van der Waals surface area contributed by atoms with Gasteiger partial charge in [0.25, 0.3) is 0 Å². The monoisotopic (exact) mass is 219 g/mol. The molecule has 0 aromatic carbocycles. The lowest BCUT2D eigenvalue weighted by Gasteiger charge is -2.53. The summed E-state index contributed by atoms with van der Waals surface area (Å²) >= 11 is 0. The molecule has 1 unspecified atom stereocenters. The van der Waals surface area contributed by atoms with Crippen molar-refractivity contribution >= 4 is 5.97 Å². The number of hydrogen-bond acceptors (Lipinski definition) is 2. The minimum absolute atomic E-state index is 0.358. The summed E-state index contributed by atoms with van der Waals surface area (Å²) in [6.45, 7) is -0.370. The standard InChI is InChI=1S/C10H15F2NO2/c11-4-9(5-12)2-10(3-9)6-13-1-7(10)8(14)15/h7,13H,1-6H2,(H,14,15). The van der Waals surface area contributed by atoms with E-state index < -0.39 is 36.1 Å². The number of alkyl halides is 2. The molecule has 3 nitrogen and oxygen atoms in total. The van der Waals surface area contributed by atoms with E-state index in [9.17, 15) is 13.6 Å². The zero-order valence-electron chi connectivity index (χ0n) is 8.43. The van der Waals surface area contributed by atoms with E-state index in [1.807, 2.05) is 0 Å². The minimum atomic E-state index is -0.889. The lowest BCUT2D eigenvalue weighted by Crippen LogP contribution is -2.54. The second-order valence-corrected chi connectivity index (χ2v) is 5.00. The Morgan fingerprint density at radius 1 is 1.40 bits per heavy atom. The highest BCUT2D eigenvalue weighted by molar-refractivity contribution is 5.72. The molecule has 1 atom stereocenters. The van der Waals surface area contributed by atoms with E-state index in [1.165, 1.54) is 0 Å². The van der Waals surface area contributed by atoms with Crippen molar-refractivity contribution in [2.45, 2.75) is 12.8 Å². The number of hydrogen-bond donors (Lipinski definition) is 2. The smallest absolute Gasteiger partial charge is 0.308 e. The Balaban J connectivity index is 2.09. The van der Waals surface area contributed by atoms with Crippen LogP contribution < -0.4 is 5.32 Å². The second-order valence-electron chi connectivity index (χ2n) is 5.00. The maximum Gasteiger partial charge on any atom is 0.308 e. The molecule has 0 bridgehead atoms. The van der Waals surface area contributed by atoms with Gasteiger partial charge in [-0.15, -0.1) is 0 Å². The van der Waals surface area contributed by atoms with Crippen LogP contribution in [0.5, 0.6) is 0 Å². The molecular formula is C10H15F2NO2. The quantitative estimate of drug-likeness (QED) is 0.744. The molecule has 0 amide bonds. The predicted molar refractivity (Wildman–Crippen MR) is 50.0 cm³/mol. The molecule has 1 saturated heterocycles. The molecule has 2 aliphatic rings. The number of nitrogens with one attached hydrogen (secondary N) is 1. The summed E-state index contributed by atoms with van der Waals surface area (Å²) in [6.07, 6.45) is 0.716. The van der Waals surface area contributed by atoms with Gasteiger partial charge in [-0.05, 0) is 18.3 Å². The van der Waals surface area contributed by atoms with Crippen molar-refractivity contribution in [2.24, 2.45) is 16.7 Å². The number of carboxylic acid groups (broad SMARTS) is 1. The van der Waals surface area contributed by atoms with Gasteiger partial charge in [0.05, 0.1) is 19.3 Å². The number of rotatable bonds is 3. The SMILES string of the molecule is O=C(O)C1CNCC12CC(CF)(CF)C2. The molecule has 2 rings (SSSR count). The molecule has 1 spiro atoms. The topological polar surface area (TPSA) is 49.3 Å². The van der Waals surface area contributed by atoms with Crippen LogP contribution in [-0.2, 0) is 4.79 Å². The molecule has 2 fully saturated rings. The summed E-state index contributed by atoms with van der Waals surface area (Å²) in [5, 5.41) is 12.0. The van der Waals surface area contributed by atoms with Gasteiger partial charge in [-0.1, -0.05) is 0 Å². The molecular weight excluding hydrogens is 204 g/mol. The van der Waals surface area contributed by atoms with E-state index in [0.717, 1.165) is 0 Å². The van der Waals surface area contributed by atoms with Gasteiger partial charge in [-0.2, -0.15) is 0 Å². The van der Waals surface area contributed by atoms with Crippen LogP contribution in [0, 0.1) is 16.7 Å². The fourth-order valence-electron chi connectivity index (χ4n) is 3.19. The molecule has 5 heteroatoms. The molecule has 1 saturated carbocycles. The van der Waals surface area contributed by atoms with Crippen LogP contribution in [0.2, 0.25) is 0 Å². The molecule has 0 aromatic rings. The summed E-state index contributed by atoms with van der Waals surface area (Å²) in [4.78, 5) is 11.0. The molecule has 0 aromatic heterocycles. The van der Waals surface area contributed by atoms with Gasteiger partial charge in [0.1, 0.15) is 0 Å². The van der Waals surface area contributed by atoms with Crippen LogP contribution in [0.4, 0.5) is 8.78 Å². The van der Waals surface area contributed by atoms with Gasteiger partial charge in [-0.25, -0.2) is 0 Å². The normalized spacial score (nSPS) is 31.5. The van der Waals surface area contributed by atoms with Crippen molar-refractivity contribution < 1.29 is 18.7 Å². The fraction of sp³-hybridized carbons (Fsp3) is 0.900. The van der Waals surface area contributed by atoms with E-state index >= 15 is 0 Å². The highest BCUT2D eigenvalue weighted by atomic mass is 19.1. The Hall–Kier alpha value is -0.710. The van der Waals surface area contributed by atoms with E-state index in [0.29, 0.717) is 25.9 Å². The summed E-state index contributed by atoms with van der Waals surface area (Å²) < 4.78 is 25.3. The molecule has 0 radical (unpaired) electrons. The van der Waals surface area contributed by atoms with Gasteiger partial charge in [0, 0.05) is 18.5 Å². The van der Waals surface area contributed by atoms with Crippen LogP contribution in [0.3, 0.4) is 0 Å². The summed E-state index contributed by atoms with van der Waals surface area (Å²) in [7, 11) is 0. The Labute approximate surface area is 86.8 Å². The van der Waals surface area contributed by atoms with Gasteiger partial charge in [-0.3, -0.25) is 13.6 Å². The van der Waals surface area contributed by atoms with Crippen molar-refractivity contribution in [1.82, 2.24) is 5.32 Å². The molecule has 2 N–H and O–H groups in total. The lowest BCUT2D eigenvalue weighted by atomic mass is 9.50. The summed E-state index contributed by atoms with van der Waals surface area (Å²) in [6, 6.07) is 0. The van der Waals surface area contributed by atoms with Crippen molar-refractivity contribution in [3.63, 3.8) is 0 Å². The van der Waals surface area contributed by atoms with Crippen LogP contribution in [0.25, 0.3) is 0 Å². The maximum absolute atomic E-state index is 12.7. The first-order chi connectivity index (χ1) is 7.07. The number of aliphatic carboxylic acids is 1. The zero-order chi connectivity index (χ0) is 11.1. The van der Waals surface area contributed by atoms with Crippen LogP contribution >= 0.6 is 0 Å². The third-order valence-corrected chi connectivity index (χ3v) is 3.88. The zero-order valence-corrected chi connectivity index (χ0v) is 8.43. The molecule has 15 heavy (non-hydrogen) atoms. The number of carboxylic acids is 1. The average molecular weight is 219 g/mol. The van der Waals surface area contributed by atoms with Crippen LogP contribution in [-0.4, -0.2) is 37.5 Å². The second kappa shape index (κ2) is 3.40. The van der Waals surface area contributed by atoms with Crippen LogP contribution in [0.15, 0.2) is 0 Å². The van der Waals surface area contributed by atoms with E-state index in [2.05, 4.69) is 5.32 Å². The van der Waals surface area contributed by atoms with Gasteiger partial charge < -0.3 is 10.4 Å². The third-order valence-electron chi connectivity index (χ3n) is 3.88. The highest BCUT2D eigenvalue weighted by Crippen LogP contribution is 2.60. The lowest BCUT2D eigenvalue weighted by molar-refractivity contribution is -0.155. The Morgan fingerprint density at radius 2 is 2.00 bits per heavy atom. The number of carbonyl (C=O) groups is 1. The van der Waals surface area contributed by atoms with Crippen molar-refractivity contribution in [3.8, 4) is 0 Å². The average Bonchev–Trinajstić information content (AvgIpc) is 2.58. The van der Waals surface area contributed by atoms with Crippen LogP contribution in [0.1, 0.15) is 12.8 Å². The molecule has 86 valence electrons. The molecule has 1 aliphatic heterocycles. The summed E-state index contributed by atoms with van der Waals surface area (Å²) in [5.74, 6) is -1.34. The van der Waals surface area contributed by atoms with E-state index in [-0.39, 0.29) is 0 Å². The van der Waals surface area contributed by atoms with Gasteiger partial charge >= 0.3 is 5.97 Å². The first kappa shape index (κ1) is 10.8. The Kier molecular flexibility index (Phi) is 2.45. The Bertz CT molecular complexity index is 271. The van der Waals surface area contributed by atoms with Crippen molar-refractivity contribution in [1.29, 1.82) is 0 Å². The maximum atomic E-state index is 12.7. The Morgan fingerprint density at radius 3 is 2.47 bits per heavy atom. The first-order valence-corrected chi connectivity index (χ1v) is 5.13. The predicted octanol–water partition coefficient (Wildman–Crippen LogP) is 0.996. The van der Waals surface area contributed by atoms with Gasteiger partial charge in [0.2, 0.25) is 0 Å². The van der Waals surface area contributed by atoms with Crippen molar-refractivity contribution in [2.75, 3.05) is 26.4 Å². The minimum Gasteiger partial charge on any atom is -0.481 e. The van der Waals surface area contributed by atoms with Gasteiger partial charge in [0.15, 0.2) is 0 Å². The number of halogens is 2. The molecule has 1 aliphatic carbocycles. The third kappa shape index (κ3) is 1.44. The fourth-order valence-corrected chi connectivity index (χ4v) is 3.19. The molecule has 1 heterocycles. The summed E-state index contributed by atoms with van der Waals surface area (Å²) in [5.41, 5.74) is -1.29. The van der Waals surface area contributed by atoms with E-state index in [1.54, 1.807) is 0 Å². The van der Waals surface area contributed by atoms with E-state index in [4.69, 9.17) is 5.11 Å². The highest BCUT2D eigenvalue weighted by Gasteiger charge is 2.61. The largest absolute Gasteiger partial charge is 0.481 e. The van der Waals surface area contributed by atoms with Crippen molar-refractivity contribution in [3.05, 3.63) is 0 Å². The first-order valence-electron chi connectivity index (χ1n) is 5.13.